The van der Waals surface area contributed by atoms with Gasteiger partial charge in [0.2, 0.25) is 0 Å². The van der Waals surface area contributed by atoms with E-state index in [1.54, 1.807) is 0 Å². The van der Waals surface area contributed by atoms with Crippen LogP contribution in [0.1, 0.15) is 25.7 Å². The molecule has 7 heteroatoms. The third-order valence-electron chi connectivity index (χ3n) is 2.10. The summed E-state index contributed by atoms with van der Waals surface area (Å²) in [6.07, 6.45) is -3.62. The van der Waals surface area contributed by atoms with E-state index in [1.165, 1.54) is 0 Å². The average molecular weight is 240 g/mol. The number of alkyl halides is 3. The maximum Gasteiger partial charge on any atom is 0.490 e. The van der Waals surface area contributed by atoms with Crippen molar-refractivity contribution in [2.24, 2.45) is 0 Å². The van der Waals surface area contributed by atoms with E-state index in [9.17, 15) is 22.8 Å². The van der Waals surface area contributed by atoms with Gasteiger partial charge in [0.25, 0.3) is 0 Å². The Morgan fingerprint density at radius 3 is 2.69 bits per heavy atom. The third kappa shape index (κ3) is 4.08. The van der Waals surface area contributed by atoms with Crippen LogP contribution in [0, 0.1) is 0 Å². The molecule has 4 nitrogen and oxygen atoms in total. The van der Waals surface area contributed by atoms with Crippen molar-refractivity contribution < 1.29 is 32.2 Å². The van der Waals surface area contributed by atoms with Crippen LogP contribution in [0.2, 0.25) is 0 Å². The maximum atomic E-state index is 11.7. The summed E-state index contributed by atoms with van der Waals surface area (Å²) in [6.45, 7) is -0.313. The number of rotatable bonds is 4. The summed E-state index contributed by atoms with van der Waals surface area (Å²) in [6, 6.07) is 0. The fourth-order valence-electron chi connectivity index (χ4n) is 1.34. The molecule has 1 atom stereocenters. The molecule has 1 saturated heterocycles. The van der Waals surface area contributed by atoms with Crippen molar-refractivity contribution >= 4 is 11.9 Å². The molecule has 1 aliphatic heterocycles. The fourth-order valence-corrected chi connectivity index (χ4v) is 1.34. The number of hydrogen-bond donors (Lipinski definition) is 0. The van der Waals surface area contributed by atoms with Crippen LogP contribution in [0.3, 0.4) is 0 Å². The maximum absolute atomic E-state index is 11.7. The summed E-state index contributed by atoms with van der Waals surface area (Å²) >= 11 is 0. The first-order valence-corrected chi connectivity index (χ1v) is 4.83. The van der Waals surface area contributed by atoms with Crippen LogP contribution < -0.4 is 0 Å². The van der Waals surface area contributed by atoms with E-state index in [2.05, 4.69) is 4.74 Å². The summed E-state index contributed by atoms with van der Waals surface area (Å²) in [5.41, 5.74) is 0. The average Bonchev–Trinajstić information content (AvgIpc) is 2.57. The highest BCUT2D eigenvalue weighted by Gasteiger charge is 2.40. The molecule has 0 aliphatic carbocycles. The van der Waals surface area contributed by atoms with Crippen LogP contribution >= 0.6 is 0 Å². The Morgan fingerprint density at radius 2 is 2.19 bits per heavy atom. The quantitative estimate of drug-likeness (QED) is 0.553. The Labute approximate surface area is 89.7 Å². The number of esters is 2. The van der Waals surface area contributed by atoms with Gasteiger partial charge in [0.05, 0.1) is 6.61 Å². The number of ether oxygens (including phenoxy) is 2. The second-order valence-corrected chi connectivity index (χ2v) is 3.43. The minimum Gasteiger partial charge on any atom is -0.462 e. The molecule has 0 bridgehead atoms. The zero-order chi connectivity index (χ0) is 12.2. The van der Waals surface area contributed by atoms with E-state index in [0.717, 1.165) is 0 Å². The summed E-state index contributed by atoms with van der Waals surface area (Å²) in [5, 5.41) is 0. The van der Waals surface area contributed by atoms with Gasteiger partial charge in [-0.2, -0.15) is 13.2 Å². The lowest BCUT2D eigenvalue weighted by Gasteiger charge is -2.09. The highest BCUT2D eigenvalue weighted by atomic mass is 19.4. The molecule has 0 aromatic heterocycles. The summed E-state index contributed by atoms with van der Waals surface area (Å²) in [5.74, 6) is -2.48. The summed E-state index contributed by atoms with van der Waals surface area (Å²) in [4.78, 5) is 20.9. The first-order valence-electron chi connectivity index (χ1n) is 4.83. The Hall–Kier alpha value is -1.27. The molecule has 0 aromatic rings. The molecule has 0 amide bonds. The Morgan fingerprint density at radius 1 is 1.50 bits per heavy atom. The largest absolute Gasteiger partial charge is 0.490 e. The topological polar surface area (TPSA) is 52.6 Å². The minimum atomic E-state index is -4.94. The minimum absolute atomic E-state index is 0.250. The molecule has 0 radical (unpaired) electrons. The monoisotopic (exact) mass is 240 g/mol. The van der Waals surface area contributed by atoms with Crippen LogP contribution in [0.15, 0.2) is 0 Å². The van der Waals surface area contributed by atoms with E-state index in [-0.39, 0.29) is 25.1 Å². The van der Waals surface area contributed by atoms with Gasteiger partial charge in [-0.3, -0.25) is 4.79 Å². The molecule has 0 spiro atoms. The molecule has 0 saturated carbocycles. The first kappa shape index (κ1) is 12.8. The van der Waals surface area contributed by atoms with Crippen molar-refractivity contribution in [3.05, 3.63) is 0 Å². The molecule has 0 N–H and O–H groups in total. The van der Waals surface area contributed by atoms with Gasteiger partial charge >= 0.3 is 18.1 Å². The molecule has 1 rings (SSSR count). The van der Waals surface area contributed by atoms with Gasteiger partial charge < -0.3 is 9.47 Å². The van der Waals surface area contributed by atoms with Gasteiger partial charge in [0.1, 0.15) is 6.10 Å². The highest BCUT2D eigenvalue weighted by molar-refractivity contribution is 5.75. The molecule has 1 heterocycles. The molecular formula is C9H11F3O4. The normalized spacial score (nSPS) is 20.7. The van der Waals surface area contributed by atoms with Gasteiger partial charge in [-0.15, -0.1) is 0 Å². The molecule has 1 aliphatic rings. The number of carbonyl (C=O) groups excluding carboxylic acids is 2. The number of carbonyl (C=O) groups is 2. The SMILES string of the molecule is O=C1CC[C@H](CCCOC(=O)C(F)(F)F)O1. The second-order valence-electron chi connectivity index (χ2n) is 3.43. The lowest BCUT2D eigenvalue weighted by atomic mass is 10.1. The highest BCUT2D eigenvalue weighted by Crippen LogP contribution is 2.19. The van der Waals surface area contributed by atoms with E-state index in [1.807, 2.05) is 0 Å². The van der Waals surface area contributed by atoms with Crippen molar-refractivity contribution in [2.45, 2.75) is 38.0 Å². The fraction of sp³-hybridized carbons (Fsp3) is 0.778. The molecule has 0 unspecified atom stereocenters. The van der Waals surface area contributed by atoms with Crippen molar-refractivity contribution in [3.8, 4) is 0 Å². The molecule has 0 aromatic carbocycles. The van der Waals surface area contributed by atoms with Crippen molar-refractivity contribution in [1.82, 2.24) is 0 Å². The van der Waals surface area contributed by atoms with Gasteiger partial charge in [0.15, 0.2) is 0 Å². The Balaban J connectivity index is 2.08. The second kappa shape index (κ2) is 5.18. The lowest BCUT2D eigenvalue weighted by Crippen LogP contribution is -2.25. The van der Waals surface area contributed by atoms with Crippen LogP contribution in [0.25, 0.3) is 0 Å². The molecule has 16 heavy (non-hydrogen) atoms. The van der Waals surface area contributed by atoms with Crippen LogP contribution in [0.5, 0.6) is 0 Å². The predicted octanol–water partition coefficient (Wildman–Crippen LogP) is 1.58. The molecule has 92 valence electrons. The third-order valence-corrected chi connectivity index (χ3v) is 2.10. The van der Waals surface area contributed by atoms with Gasteiger partial charge in [0, 0.05) is 6.42 Å². The Kier molecular flexibility index (Phi) is 4.14. The first-order chi connectivity index (χ1) is 7.39. The van der Waals surface area contributed by atoms with Gasteiger partial charge in [-0.25, -0.2) is 4.79 Å². The molecule has 1 fully saturated rings. The number of cyclic esters (lactones) is 1. The number of hydrogen-bond acceptors (Lipinski definition) is 4. The van der Waals surface area contributed by atoms with E-state index < -0.39 is 12.1 Å². The van der Waals surface area contributed by atoms with E-state index in [4.69, 9.17) is 4.74 Å². The number of halogens is 3. The van der Waals surface area contributed by atoms with Crippen molar-refractivity contribution in [1.29, 1.82) is 0 Å². The zero-order valence-electron chi connectivity index (χ0n) is 8.38. The van der Waals surface area contributed by atoms with E-state index >= 15 is 0 Å². The van der Waals surface area contributed by atoms with Gasteiger partial charge in [-0.1, -0.05) is 0 Å². The lowest BCUT2D eigenvalue weighted by molar-refractivity contribution is -0.199. The van der Waals surface area contributed by atoms with E-state index in [0.29, 0.717) is 19.3 Å². The van der Waals surface area contributed by atoms with Crippen LogP contribution in [-0.4, -0.2) is 30.8 Å². The van der Waals surface area contributed by atoms with Gasteiger partial charge in [-0.05, 0) is 19.3 Å². The summed E-state index contributed by atoms with van der Waals surface area (Å²) in [7, 11) is 0. The van der Waals surface area contributed by atoms with Crippen molar-refractivity contribution in [3.63, 3.8) is 0 Å². The van der Waals surface area contributed by atoms with Crippen molar-refractivity contribution in [2.75, 3.05) is 6.61 Å². The zero-order valence-corrected chi connectivity index (χ0v) is 8.38. The van der Waals surface area contributed by atoms with Crippen LogP contribution in [0.4, 0.5) is 13.2 Å². The summed E-state index contributed by atoms with van der Waals surface area (Å²) < 4.78 is 43.9. The Bertz CT molecular complexity index is 274. The predicted molar refractivity (Wildman–Crippen MR) is 45.4 cm³/mol. The standard InChI is InChI=1S/C9H11F3O4/c10-9(11,12)8(14)15-5-1-2-6-3-4-7(13)16-6/h6H,1-5H2/t6-/m0/s1. The molecular weight excluding hydrogens is 229 g/mol. The smallest absolute Gasteiger partial charge is 0.462 e. The van der Waals surface area contributed by atoms with Crippen LogP contribution in [-0.2, 0) is 19.1 Å².